The first-order valence-electron chi connectivity index (χ1n) is 5.91. The highest BCUT2D eigenvalue weighted by molar-refractivity contribution is 7.89. The molecule has 0 aromatic carbocycles. The third kappa shape index (κ3) is 3.46. The zero-order chi connectivity index (χ0) is 15.6. The second-order valence-corrected chi connectivity index (χ2v) is 6.84. The van der Waals surface area contributed by atoms with E-state index in [4.69, 9.17) is 9.63 Å². The van der Waals surface area contributed by atoms with E-state index in [9.17, 15) is 13.2 Å². The Morgan fingerprint density at radius 1 is 1.48 bits per heavy atom. The van der Waals surface area contributed by atoms with Gasteiger partial charge in [0.1, 0.15) is 9.77 Å². The van der Waals surface area contributed by atoms with Gasteiger partial charge in [0.2, 0.25) is 15.9 Å². The van der Waals surface area contributed by atoms with Crippen molar-refractivity contribution < 1.29 is 22.8 Å². The van der Waals surface area contributed by atoms with Crippen molar-refractivity contribution in [2.24, 2.45) is 0 Å². The van der Waals surface area contributed by atoms with Gasteiger partial charge < -0.3 is 9.63 Å². The molecule has 0 radical (unpaired) electrons. The number of nitrogens with one attached hydrogen (secondary N) is 1. The Morgan fingerprint density at radius 2 is 2.19 bits per heavy atom. The highest BCUT2D eigenvalue weighted by Gasteiger charge is 2.26. The second-order valence-electron chi connectivity index (χ2n) is 4.26. The molecule has 0 fully saturated rings. The summed E-state index contributed by atoms with van der Waals surface area (Å²) in [6.07, 6.45) is 0.252. The van der Waals surface area contributed by atoms with Crippen LogP contribution in [0, 0.1) is 13.8 Å². The van der Waals surface area contributed by atoms with Crippen molar-refractivity contribution in [3.05, 3.63) is 27.5 Å². The third-order valence-electron chi connectivity index (χ3n) is 2.59. The van der Waals surface area contributed by atoms with Gasteiger partial charge in [-0.3, -0.25) is 0 Å². The van der Waals surface area contributed by atoms with Crippen molar-refractivity contribution in [1.82, 2.24) is 14.9 Å². The maximum absolute atomic E-state index is 12.2. The fraction of sp³-hybridized carbons (Fsp3) is 0.364. The van der Waals surface area contributed by atoms with Crippen LogP contribution in [-0.2, 0) is 16.4 Å². The summed E-state index contributed by atoms with van der Waals surface area (Å²) >= 11 is 0.886. The molecular weight excluding hydrogens is 318 g/mol. The summed E-state index contributed by atoms with van der Waals surface area (Å²) in [5.74, 6) is -0.479. The van der Waals surface area contributed by atoms with E-state index in [0.29, 0.717) is 17.3 Å². The van der Waals surface area contributed by atoms with Gasteiger partial charge in [-0.25, -0.2) is 17.9 Å². The van der Waals surface area contributed by atoms with E-state index in [0.717, 1.165) is 11.3 Å². The van der Waals surface area contributed by atoms with Crippen LogP contribution in [0.5, 0.6) is 0 Å². The molecule has 2 rings (SSSR count). The van der Waals surface area contributed by atoms with Crippen molar-refractivity contribution >= 4 is 27.3 Å². The van der Waals surface area contributed by atoms with Gasteiger partial charge in [0, 0.05) is 19.9 Å². The first kappa shape index (κ1) is 15.6. The van der Waals surface area contributed by atoms with E-state index in [-0.39, 0.29) is 22.7 Å². The van der Waals surface area contributed by atoms with Crippen LogP contribution in [0.4, 0.5) is 0 Å². The van der Waals surface area contributed by atoms with Crippen LogP contribution in [0.3, 0.4) is 0 Å². The molecule has 0 aliphatic rings. The maximum Gasteiger partial charge on any atom is 0.347 e. The molecule has 10 heteroatoms. The van der Waals surface area contributed by atoms with Crippen molar-refractivity contribution in [3.63, 3.8) is 0 Å². The fourth-order valence-electron chi connectivity index (χ4n) is 1.73. The molecule has 2 aromatic heterocycles. The average Bonchev–Trinajstić information content (AvgIpc) is 2.95. The van der Waals surface area contributed by atoms with Crippen LogP contribution in [0.25, 0.3) is 0 Å². The van der Waals surface area contributed by atoms with Gasteiger partial charge in [-0.05, 0) is 17.9 Å². The van der Waals surface area contributed by atoms with Crippen LogP contribution >= 0.6 is 11.3 Å². The van der Waals surface area contributed by atoms with Crippen LogP contribution in [-0.4, -0.2) is 36.2 Å². The molecule has 8 nitrogen and oxygen atoms in total. The van der Waals surface area contributed by atoms with Crippen molar-refractivity contribution in [2.45, 2.75) is 25.2 Å². The number of carboxylic acids is 1. The number of aromatic carboxylic acids is 1. The summed E-state index contributed by atoms with van der Waals surface area (Å²) in [4.78, 5) is 14.6. The summed E-state index contributed by atoms with van der Waals surface area (Å²) in [5.41, 5.74) is 0.403. The maximum atomic E-state index is 12.2. The minimum absolute atomic E-state index is 0.0512. The van der Waals surface area contributed by atoms with E-state index in [1.54, 1.807) is 13.8 Å². The summed E-state index contributed by atoms with van der Waals surface area (Å²) in [7, 11) is -3.89. The van der Waals surface area contributed by atoms with Crippen molar-refractivity contribution in [2.75, 3.05) is 6.54 Å². The van der Waals surface area contributed by atoms with E-state index in [1.807, 2.05) is 0 Å². The number of aromatic nitrogens is 2. The molecule has 0 aliphatic carbocycles. The molecule has 0 saturated heterocycles. The minimum atomic E-state index is -3.89. The molecule has 21 heavy (non-hydrogen) atoms. The van der Waals surface area contributed by atoms with E-state index < -0.39 is 16.0 Å². The fourth-order valence-corrected chi connectivity index (χ4v) is 4.39. The zero-order valence-electron chi connectivity index (χ0n) is 11.3. The summed E-state index contributed by atoms with van der Waals surface area (Å²) in [5, 5.41) is 14.2. The minimum Gasteiger partial charge on any atom is -0.477 e. The van der Waals surface area contributed by atoms with Gasteiger partial charge in [-0.2, -0.15) is 4.98 Å². The Hall–Kier alpha value is -1.78. The lowest BCUT2D eigenvalue weighted by atomic mass is 10.3. The molecule has 2 aromatic rings. The third-order valence-corrected chi connectivity index (χ3v) is 5.45. The second kappa shape index (κ2) is 5.92. The highest BCUT2D eigenvalue weighted by Crippen LogP contribution is 2.26. The van der Waals surface area contributed by atoms with Gasteiger partial charge in [-0.15, -0.1) is 11.3 Å². The molecule has 2 heterocycles. The molecule has 114 valence electrons. The lowest BCUT2D eigenvalue weighted by molar-refractivity contribution is 0.0698. The van der Waals surface area contributed by atoms with Crippen LogP contribution in [0.2, 0.25) is 0 Å². The standard InChI is InChI=1S/C11H13N3O5S2/c1-6-5-20-9(11(15)16)10(6)21(17,18)12-4-3-8-13-7(2)19-14-8/h5,12H,3-4H2,1-2H3,(H,15,16). The molecule has 0 amide bonds. The number of thiophene rings is 1. The Bertz CT molecular complexity index is 763. The van der Waals surface area contributed by atoms with E-state index in [1.165, 1.54) is 5.38 Å². The Balaban J connectivity index is 2.12. The van der Waals surface area contributed by atoms with Crippen molar-refractivity contribution in [3.8, 4) is 0 Å². The quantitative estimate of drug-likeness (QED) is 0.808. The largest absolute Gasteiger partial charge is 0.477 e. The molecule has 0 unspecified atom stereocenters. The molecule has 0 bridgehead atoms. The molecule has 0 atom stereocenters. The van der Waals surface area contributed by atoms with Crippen LogP contribution in [0.1, 0.15) is 27.0 Å². The van der Waals surface area contributed by atoms with Gasteiger partial charge in [0.15, 0.2) is 5.82 Å². The van der Waals surface area contributed by atoms with Gasteiger partial charge >= 0.3 is 5.97 Å². The Kier molecular flexibility index (Phi) is 4.40. The average molecular weight is 331 g/mol. The van der Waals surface area contributed by atoms with E-state index >= 15 is 0 Å². The molecule has 2 N–H and O–H groups in total. The van der Waals surface area contributed by atoms with Gasteiger partial charge in [-0.1, -0.05) is 5.16 Å². The number of nitrogens with zero attached hydrogens (tertiary/aromatic N) is 2. The lowest BCUT2D eigenvalue weighted by Crippen LogP contribution is -2.27. The Labute approximate surface area is 124 Å². The number of rotatable bonds is 6. The molecule has 0 aliphatic heterocycles. The monoisotopic (exact) mass is 331 g/mol. The smallest absolute Gasteiger partial charge is 0.347 e. The van der Waals surface area contributed by atoms with Crippen molar-refractivity contribution in [1.29, 1.82) is 0 Å². The number of aryl methyl sites for hydroxylation is 2. The van der Waals surface area contributed by atoms with E-state index in [2.05, 4.69) is 14.9 Å². The highest BCUT2D eigenvalue weighted by atomic mass is 32.2. The van der Waals surface area contributed by atoms with Crippen LogP contribution < -0.4 is 4.72 Å². The van der Waals surface area contributed by atoms with Gasteiger partial charge in [0.05, 0.1) is 0 Å². The SMILES string of the molecule is Cc1nc(CCNS(=O)(=O)c2c(C)csc2C(=O)O)no1. The number of hydrogen-bond acceptors (Lipinski definition) is 7. The molecular formula is C11H13N3O5S2. The topological polar surface area (TPSA) is 122 Å². The summed E-state index contributed by atoms with van der Waals surface area (Å²) in [6, 6.07) is 0. The predicted molar refractivity (Wildman–Crippen MR) is 73.9 cm³/mol. The normalized spacial score (nSPS) is 11.7. The number of hydrogen-bond donors (Lipinski definition) is 2. The number of carboxylic acid groups (broad SMARTS) is 1. The summed E-state index contributed by atoms with van der Waals surface area (Å²) in [6.45, 7) is 3.24. The summed E-state index contributed by atoms with van der Waals surface area (Å²) < 4.78 is 31.5. The number of carbonyl (C=O) groups is 1. The predicted octanol–water partition coefficient (Wildman–Crippen LogP) is 0.967. The molecule has 0 spiro atoms. The Morgan fingerprint density at radius 3 is 2.76 bits per heavy atom. The zero-order valence-corrected chi connectivity index (χ0v) is 12.9. The first-order valence-corrected chi connectivity index (χ1v) is 8.28. The van der Waals surface area contributed by atoms with Gasteiger partial charge in [0.25, 0.3) is 0 Å². The lowest BCUT2D eigenvalue weighted by Gasteiger charge is -2.06. The first-order chi connectivity index (χ1) is 9.81. The molecule has 0 saturated carbocycles. The number of sulfonamides is 1. The van der Waals surface area contributed by atoms with Crippen LogP contribution in [0.15, 0.2) is 14.8 Å².